The van der Waals surface area contributed by atoms with Gasteiger partial charge in [0.25, 0.3) is 5.91 Å². The predicted molar refractivity (Wildman–Crippen MR) is 125 cm³/mol. The summed E-state index contributed by atoms with van der Waals surface area (Å²) in [4.78, 5) is 23.9. The molecule has 2 amide bonds. The Morgan fingerprint density at radius 2 is 1.88 bits per heavy atom. The molecule has 32 heavy (non-hydrogen) atoms. The van der Waals surface area contributed by atoms with E-state index in [1.165, 1.54) is 11.8 Å². The van der Waals surface area contributed by atoms with Crippen molar-refractivity contribution < 1.29 is 14.3 Å². The topological polar surface area (TPSA) is 112 Å². The van der Waals surface area contributed by atoms with Crippen molar-refractivity contribution in [2.24, 2.45) is 5.73 Å². The zero-order chi connectivity index (χ0) is 23.3. The number of halogens is 1. The van der Waals surface area contributed by atoms with Crippen molar-refractivity contribution in [3.05, 3.63) is 63.9 Å². The number of benzene rings is 2. The van der Waals surface area contributed by atoms with Crippen molar-refractivity contribution in [2.45, 2.75) is 39.1 Å². The highest BCUT2D eigenvalue weighted by atomic mass is 35.5. The Kier molecular flexibility index (Phi) is 7.76. The number of aryl methyl sites for hydroxylation is 2. The van der Waals surface area contributed by atoms with Crippen molar-refractivity contribution in [1.82, 2.24) is 14.8 Å². The highest BCUT2D eigenvalue weighted by Crippen LogP contribution is 2.26. The Hall–Kier alpha value is -3.04. The highest BCUT2D eigenvalue weighted by Gasteiger charge is 2.15. The van der Waals surface area contributed by atoms with Gasteiger partial charge in [0.05, 0.1) is 17.0 Å². The van der Waals surface area contributed by atoms with E-state index in [2.05, 4.69) is 15.5 Å². The summed E-state index contributed by atoms with van der Waals surface area (Å²) in [5.74, 6) is 0.576. The standard InChI is InChI=1S/C22H24ClN5O3S/c1-4-28-18(11-31-15-9-13(2)20(23)14(3)10-15)26-27-22(28)32-12-19(29)25-17-8-6-5-7-16(17)21(24)30/h5-10H,4,11-12H2,1-3H3,(H2,24,30)(H,25,29). The van der Waals surface area contributed by atoms with E-state index in [-0.39, 0.29) is 23.8 Å². The number of amides is 2. The van der Waals surface area contributed by atoms with Gasteiger partial charge in [-0.15, -0.1) is 10.2 Å². The van der Waals surface area contributed by atoms with Crippen LogP contribution in [0.15, 0.2) is 41.6 Å². The minimum atomic E-state index is -0.602. The molecule has 10 heteroatoms. The van der Waals surface area contributed by atoms with Crippen LogP contribution in [0, 0.1) is 13.8 Å². The number of rotatable bonds is 9. The van der Waals surface area contributed by atoms with Crippen LogP contribution in [0.25, 0.3) is 0 Å². The fourth-order valence-electron chi connectivity index (χ4n) is 3.11. The van der Waals surface area contributed by atoms with Crippen molar-refractivity contribution >= 4 is 40.9 Å². The number of ether oxygens (including phenoxy) is 1. The smallest absolute Gasteiger partial charge is 0.250 e. The van der Waals surface area contributed by atoms with E-state index in [0.29, 0.717) is 29.0 Å². The third-order valence-electron chi connectivity index (χ3n) is 4.69. The summed E-state index contributed by atoms with van der Waals surface area (Å²) in [6.45, 7) is 6.69. The normalized spacial score (nSPS) is 10.8. The second-order valence-corrected chi connectivity index (χ2v) is 8.37. The molecule has 3 N–H and O–H groups in total. The van der Waals surface area contributed by atoms with Crippen LogP contribution in [0.5, 0.6) is 5.75 Å². The lowest BCUT2D eigenvalue weighted by molar-refractivity contribution is -0.113. The maximum absolute atomic E-state index is 12.4. The average Bonchev–Trinajstić information content (AvgIpc) is 3.16. The molecule has 1 heterocycles. The summed E-state index contributed by atoms with van der Waals surface area (Å²) in [7, 11) is 0. The number of nitrogens with two attached hydrogens (primary N) is 1. The molecule has 8 nitrogen and oxygen atoms in total. The van der Waals surface area contributed by atoms with E-state index < -0.39 is 5.91 Å². The number of thioether (sulfide) groups is 1. The van der Waals surface area contributed by atoms with Gasteiger partial charge in [-0.1, -0.05) is 35.5 Å². The fraction of sp³-hybridized carbons (Fsp3) is 0.273. The van der Waals surface area contributed by atoms with Crippen LogP contribution in [0.4, 0.5) is 5.69 Å². The van der Waals surface area contributed by atoms with Gasteiger partial charge in [-0.05, 0) is 56.2 Å². The number of hydrogen-bond acceptors (Lipinski definition) is 6. The van der Waals surface area contributed by atoms with E-state index in [9.17, 15) is 9.59 Å². The molecule has 168 valence electrons. The number of para-hydroxylation sites is 1. The molecular formula is C22H24ClN5O3S. The van der Waals surface area contributed by atoms with Crippen LogP contribution in [0.3, 0.4) is 0 Å². The Morgan fingerprint density at radius 3 is 2.53 bits per heavy atom. The minimum absolute atomic E-state index is 0.0989. The molecule has 0 bridgehead atoms. The largest absolute Gasteiger partial charge is 0.486 e. The molecule has 0 saturated heterocycles. The molecule has 0 unspecified atom stereocenters. The van der Waals surface area contributed by atoms with Gasteiger partial charge in [-0.25, -0.2) is 0 Å². The number of anilines is 1. The Bertz CT molecular complexity index is 1130. The molecular weight excluding hydrogens is 450 g/mol. The molecule has 3 aromatic rings. The van der Waals surface area contributed by atoms with Crippen LogP contribution in [-0.4, -0.2) is 32.3 Å². The maximum atomic E-state index is 12.4. The number of nitrogens with one attached hydrogen (secondary N) is 1. The van der Waals surface area contributed by atoms with Crippen molar-refractivity contribution in [2.75, 3.05) is 11.1 Å². The highest BCUT2D eigenvalue weighted by molar-refractivity contribution is 7.99. The maximum Gasteiger partial charge on any atom is 0.250 e. The number of carbonyl (C=O) groups is 2. The lowest BCUT2D eigenvalue weighted by atomic mass is 10.1. The first kappa shape index (κ1) is 23.6. The zero-order valence-electron chi connectivity index (χ0n) is 18.0. The summed E-state index contributed by atoms with van der Waals surface area (Å²) >= 11 is 7.46. The van der Waals surface area contributed by atoms with Gasteiger partial charge < -0.3 is 20.4 Å². The fourth-order valence-corrected chi connectivity index (χ4v) is 4.04. The number of hydrogen-bond donors (Lipinski definition) is 2. The molecule has 0 aliphatic rings. The molecule has 2 aromatic carbocycles. The van der Waals surface area contributed by atoms with Crippen LogP contribution in [0.1, 0.15) is 34.2 Å². The second kappa shape index (κ2) is 10.5. The predicted octanol–water partition coefficient (Wildman–Crippen LogP) is 3.98. The molecule has 0 radical (unpaired) electrons. The number of primary amides is 1. The van der Waals surface area contributed by atoms with Crippen molar-refractivity contribution in [3.63, 3.8) is 0 Å². The number of aromatic nitrogens is 3. The van der Waals surface area contributed by atoms with Gasteiger partial charge >= 0.3 is 0 Å². The lowest BCUT2D eigenvalue weighted by Gasteiger charge is -2.11. The van der Waals surface area contributed by atoms with E-state index in [1.54, 1.807) is 24.3 Å². The van der Waals surface area contributed by atoms with Crippen LogP contribution < -0.4 is 15.8 Å². The van der Waals surface area contributed by atoms with Crippen LogP contribution >= 0.6 is 23.4 Å². The van der Waals surface area contributed by atoms with Gasteiger partial charge in [-0.2, -0.15) is 0 Å². The molecule has 0 atom stereocenters. The Morgan fingerprint density at radius 1 is 1.19 bits per heavy atom. The summed E-state index contributed by atoms with van der Waals surface area (Å²) in [6.07, 6.45) is 0. The SMILES string of the molecule is CCn1c(COc2cc(C)c(Cl)c(C)c2)nnc1SCC(=O)Nc1ccccc1C(N)=O. The van der Waals surface area contributed by atoms with E-state index in [0.717, 1.165) is 16.1 Å². The first-order valence-corrected chi connectivity index (χ1v) is 11.3. The summed E-state index contributed by atoms with van der Waals surface area (Å²) in [6, 6.07) is 10.4. The van der Waals surface area contributed by atoms with Gasteiger partial charge in [0, 0.05) is 11.6 Å². The Balaban J connectivity index is 1.63. The molecule has 0 aliphatic heterocycles. The molecule has 3 rings (SSSR count). The number of carbonyl (C=O) groups excluding carboxylic acids is 2. The zero-order valence-corrected chi connectivity index (χ0v) is 19.6. The monoisotopic (exact) mass is 473 g/mol. The van der Waals surface area contributed by atoms with Crippen LogP contribution in [0.2, 0.25) is 5.02 Å². The van der Waals surface area contributed by atoms with Gasteiger partial charge in [-0.3, -0.25) is 9.59 Å². The summed E-state index contributed by atoms with van der Waals surface area (Å²) < 4.78 is 7.78. The first-order valence-electron chi connectivity index (χ1n) is 9.93. The van der Waals surface area contributed by atoms with Gasteiger partial charge in [0.1, 0.15) is 12.4 Å². The molecule has 0 spiro atoms. The van der Waals surface area contributed by atoms with E-state index in [1.807, 2.05) is 37.5 Å². The average molecular weight is 474 g/mol. The molecule has 0 fully saturated rings. The summed E-state index contributed by atoms with van der Waals surface area (Å²) in [5.41, 5.74) is 7.88. The quantitative estimate of drug-likeness (QED) is 0.454. The first-order chi connectivity index (χ1) is 15.3. The summed E-state index contributed by atoms with van der Waals surface area (Å²) in [5, 5.41) is 12.5. The van der Waals surface area contributed by atoms with E-state index in [4.69, 9.17) is 22.1 Å². The van der Waals surface area contributed by atoms with E-state index >= 15 is 0 Å². The Labute approximate surface area is 195 Å². The lowest BCUT2D eigenvalue weighted by Crippen LogP contribution is -2.19. The minimum Gasteiger partial charge on any atom is -0.486 e. The molecule has 0 aliphatic carbocycles. The molecule has 1 aromatic heterocycles. The van der Waals surface area contributed by atoms with Gasteiger partial charge in [0.2, 0.25) is 5.91 Å². The number of nitrogens with zero attached hydrogens (tertiary/aromatic N) is 3. The van der Waals surface area contributed by atoms with Gasteiger partial charge in [0.15, 0.2) is 11.0 Å². The van der Waals surface area contributed by atoms with Crippen molar-refractivity contribution in [1.29, 1.82) is 0 Å². The molecule has 0 saturated carbocycles. The van der Waals surface area contributed by atoms with Crippen molar-refractivity contribution in [3.8, 4) is 5.75 Å². The third-order valence-corrected chi connectivity index (χ3v) is 6.25. The second-order valence-electron chi connectivity index (χ2n) is 7.05. The van der Waals surface area contributed by atoms with Crippen LogP contribution in [-0.2, 0) is 17.9 Å². The third kappa shape index (κ3) is 5.60.